The first-order valence-electron chi connectivity index (χ1n) is 7.54. The van der Waals surface area contributed by atoms with E-state index in [0.717, 1.165) is 29.8 Å². The van der Waals surface area contributed by atoms with Crippen molar-refractivity contribution >= 4 is 17.1 Å². The lowest BCUT2D eigenvalue weighted by molar-refractivity contribution is -0.384. The molecule has 1 aliphatic heterocycles. The molecule has 0 radical (unpaired) electrons. The zero-order valence-corrected chi connectivity index (χ0v) is 12.6. The summed E-state index contributed by atoms with van der Waals surface area (Å²) in [5.41, 5.74) is 8.63. The molecular weight excluding hydrogens is 292 g/mol. The second-order valence-corrected chi connectivity index (χ2v) is 5.46. The SMILES string of the molecule is NCCC1=NN(c2ccccc2)C(c2cccc([N+](=O)[O-])c2)C1. The fraction of sp³-hybridized carbons (Fsp3) is 0.235. The van der Waals surface area contributed by atoms with Crippen molar-refractivity contribution in [3.63, 3.8) is 0 Å². The number of hydrazone groups is 1. The Morgan fingerprint density at radius 2 is 2.00 bits per heavy atom. The highest BCUT2D eigenvalue weighted by Gasteiger charge is 2.29. The summed E-state index contributed by atoms with van der Waals surface area (Å²) in [4.78, 5) is 10.7. The van der Waals surface area contributed by atoms with Crippen LogP contribution in [-0.2, 0) is 0 Å². The van der Waals surface area contributed by atoms with Crippen molar-refractivity contribution < 1.29 is 4.92 Å². The maximum Gasteiger partial charge on any atom is 0.269 e. The Labute approximate surface area is 134 Å². The van der Waals surface area contributed by atoms with Crippen LogP contribution in [0.15, 0.2) is 59.7 Å². The Balaban J connectivity index is 1.97. The summed E-state index contributed by atoms with van der Waals surface area (Å²) in [6, 6.07) is 16.6. The summed E-state index contributed by atoms with van der Waals surface area (Å²) in [6.07, 6.45) is 1.46. The van der Waals surface area contributed by atoms with Gasteiger partial charge in [0.15, 0.2) is 0 Å². The van der Waals surface area contributed by atoms with Gasteiger partial charge in [-0.2, -0.15) is 5.10 Å². The van der Waals surface area contributed by atoms with E-state index in [4.69, 9.17) is 5.73 Å². The number of hydrogen-bond acceptors (Lipinski definition) is 5. The molecule has 0 aromatic heterocycles. The molecule has 0 amide bonds. The van der Waals surface area contributed by atoms with E-state index >= 15 is 0 Å². The van der Waals surface area contributed by atoms with Crippen LogP contribution in [0.5, 0.6) is 0 Å². The Morgan fingerprint density at radius 1 is 1.22 bits per heavy atom. The van der Waals surface area contributed by atoms with Crippen LogP contribution in [0.1, 0.15) is 24.4 Å². The summed E-state index contributed by atoms with van der Waals surface area (Å²) in [7, 11) is 0. The highest BCUT2D eigenvalue weighted by atomic mass is 16.6. The van der Waals surface area contributed by atoms with Gasteiger partial charge in [0, 0.05) is 24.3 Å². The first kappa shape index (κ1) is 15.2. The molecule has 118 valence electrons. The lowest BCUT2D eigenvalue weighted by atomic mass is 10.00. The standard InChI is InChI=1S/C17H18N4O2/c18-10-9-14-12-17(13-5-4-8-16(11-13)21(22)23)20(19-14)15-6-2-1-3-7-15/h1-8,11,17H,9-10,12,18H2. The number of rotatable bonds is 5. The highest BCUT2D eigenvalue weighted by molar-refractivity contribution is 5.89. The van der Waals surface area contributed by atoms with Crippen LogP contribution in [0, 0.1) is 10.1 Å². The van der Waals surface area contributed by atoms with Crippen molar-refractivity contribution in [2.24, 2.45) is 10.8 Å². The van der Waals surface area contributed by atoms with Gasteiger partial charge in [-0.15, -0.1) is 0 Å². The smallest absolute Gasteiger partial charge is 0.269 e. The van der Waals surface area contributed by atoms with Gasteiger partial charge in [-0.05, 0) is 30.7 Å². The van der Waals surface area contributed by atoms with E-state index in [1.54, 1.807) is 12.1 Å². The normalized spacial score (nSPS) is 17.2. The van der Waals surface area contributed by atoms with Crippen LogP contribution in [-0.4, -0.2) is 17.2 Å². The third-order valence-corrected chi connectivity index (χ3v) is 3.89. The third-order valence-electron chi connectivity index (χ3n) is 3.89. The first-order valence-corrected chi connectivity index (χ1v) is 7.54. The molecule has 0 fully saturated rings. The summed E-state index contributed by atoms with van der Waals surface area (Å²) in [5.74, 6) is 0. The van der Waals surface area contributed by atoms with Gasteiger partial charge in [-0.25, -0.2) is 0 Å². The number of para-hydroxylation sites is 1. The van der Waals surface area contributed by atoms with Crippen LogP contribution in [0.4, 0.5) is 11.4 Å². The predicted molar refractivity (Wildman–Crippen MR) is 90.5 cm³/mol. The molecule has 6 heteroatoms. The van der Waals surface area contributed by atoms with Gasteiger partial charge in [-0.3, -0.25) is 15.1 Å². The Morgan fingerprint density at radius 3 is 2.70 bits per heavy atom. The average molecular weight is 310 g/mol. The molecule has 0 spiro atoms. The van der Waals surface area contributed by atoms with Gasteiger partial charge >= 0.3 is 0 Å². The zero-order valence-electron chi connectivity index (χ0n) is 12.6. The predicted octanol–water partition coefficient (Wildman–Crippen LogP) is 3.25. The van der Waals surface area contributed by atoms with Crippen molar-refractivity contribution in [2.45, 2.75) is 18.9 Å². The van der Waals surface area contributed by atoms with Crippen molar-refractivity contribution in [1.82, 2.24) is 0 Å². The summed E-state index contributed by atoms with van der Waals surface area (Å²) < 4.78 is 0. The molecule has 23 heavy (non-hydrogen) atoms. The van der Waals surface area contributed by atoms with Crippen LogP contribution in [0.25, 0.3) is 0 Å². The van der Waals surface area contributed by atoms with E-state index in [9.17, 15) is 10.1 Å². The van der Waals surface area contributed by atoms with Crippen LogP contribution < -0.4 is 10.7 Å². The zero-order chi connectivity index (χ0) is 16.2. The summed E-state index contributed by atoms with van der Waals surface area (Å²) in [6.45, 7) is 0.545. The number of nitrogens with zero attached hydrogens (tertiary/aromatic N) is 3. The molecule has 0 bridgehead atoms. The number of non-ortho nitro benzene ring substituents is 1. The lowest BCUT2D eigenvalue weighted by Gasteiger charge is -2.23. The molecular formula is C17H18N4O2. The average Bonchev–Trinajstić information content (AvgIpc) is 3.00. The molecule has 1 unspecified atom stereocenters. The molecule has 2 N–H and O–H groups in total. The summed E-state index contributed by atoms with van der Waals surface area (Å²) in [5, 5.41) is 17.6. The second kappa shape index (κ2) is 6.58. The van der Waals surface area contributed by atoms with E-state index in [1.807, 2.05) is 41.4 Å². The summed E-state index contributed by atoms with van der Waals surface area (Å²) >= 11 is 0. The second-order valence-electron chi connectivity index (χ2n) is 5.46. The van der Waals surface area contributed by atoms with Crippen LogP contribution >= 0.6 is 0 Å². The Kier molecular flexibility index (Phi) is 4.34. The molecule has 1 aliphatic rings. The van der Waals surface area contributed by atoms with E-state index < -0.39 is 0 Å². The number of benzene rings is 2. The van der Waals surface area contributed by atoms with E-state index in [0.29, 0.717) is 6.54 Å². The topological polar surface area (TPSA) is 84.8 Å². The number of nitro benzene ring substituents is 1. The molecule has 6 nitrogen and oxygen atoms in total. The van der Waals surface area contributed by atoms with Crippen molar-refractivity contribution in [2.75, 3.05) is 11.6 Å². The van der Waals surface area contributed by atoms with Gasteiger partial charge in [-0.1, -0.05) is 30.3 Å². The van der Waals surface area contributed by atoms with Gasteiger partial charge in [0.05, 0.1) is 16.7 Å². The van der Waals surface area contributed by atoms with Crippen LogP contribution in [0.2, 0.25) is 0 Å². The minimum atomic E-state index is -0.368. The van der Waals surface area contributed by atoms with Gasteiger partial charge in [0.2, 0.25) is 0 Å². The van der Waals surface area contributed by atoms with Gasteiger partial charge < -0.3 is 5.73 Å². The molecule has 3 rings (SSSR count). The largest absolute Gasteiger partial charge is 0.330 e. The third kappa shape index (κ3) is 3.22. The maximum atomic E-state index is 11.0. The minimum absolute atomic E-state index is 0.0427. The van der Waals surface area contributed by atoms with Gasteiger partial charge in [0.1, 0.15) is 0 Å². The van der Waals surface area contributed by atoms with Crippen molar-refractivity contribution in [1.29, 1.82) is 0 Å². The van der Waals surface area contributed by atoms with Gasteiger partial charge in [0.25, 0.3) is 5.69 Å². The minimum Gasteiger partial charge on any atom is -0.330 e. The van der Waals surface area contributed by atoms with E-state index in [-0.39, 0.29) is 16.7 Å². The molecule has 1 atom stereocenters. The highest BCUT2D eigenvalue weighted by Crippen LogP contribution is 2.36. The number of nitro groups is 1. The Hall–Kier alpha value is -2.73. The fourth-order valence-corrected chi connectivity index (χ4v) is 2.81. The fourth-order valence-electron chi connectivity index (χ4n) is 2.81. The molecule has 0 aliphatic carbocycles. The quantitative estimate of drug-likeness (QED) is 0.678. The van der Waals surface area contributed by atoms with Crippen LogP contribution in [0.3, 0.4) is 0 Å². The first-order chi connectivity index (χ1) is 11.2. The Bertz CT molecular complexity index is 730. The molecule has 0 saturated heterocycles. The van der Waals surface area contributed by atoms with E-state index in [1.165, 1.54) is 6.07 Å². The number of nitrogens with two attached hydrogens (primary N) is 1. The van der Waals surface area contributed by atoms with Crippen molar-refractivity contribution in [3.05, 3.63) is 70.3 Å². The monoisotopic (exact) mass is 310 g/mol. The number of hydrogen-bond donors (Lipinski definition) is 1. The van der Waals surface area contributed by atoms with Crippen molar-refractivity contribution in [3.8, 4) is 0 Å². The maximum absolute atomic E-state index is 11.0. The lowest BCUT2D eigenvalue weighted by Crippen LogP contribution is -2.18. The molecule has 2 aromatic carbocycles. The molecule has 0 saturated carbocycles. The molecule has 1 heterocycles. The molecule has 2 aromatic rings. The van der Waals surface area contributed by atoms with E-state index in [2.05, 4.69) is 5.10 Å². The number of anilines is 1.